The van der Waals surface area contributed by atoms with Gasteiger partial charge in [0, 0.05) is 28.9 Å². The van der Waals surface area contributed by atoms with Gasteiger partial charge in [-0.25, -0.2) is 0 Å². The first-order valence-electron chi connectivity index (χ1n) is 9.52. The monoisotopic (exact) mass is 466 g/mol. The van der Waals surface area contributed by atoms with Crippen molar-refractivity contribution in [2.45, 2.75) is 45.4 Å². The van der Waals surface area contributed by atoms with Crippen LogP contribution in [-0.2, 0) is 0 Å². The lowest BCUT2D eigenvalue weighted by atomic mass is 10.2. The van der Waals surface area contributed by atoms with Crippen LogP contribution in [0.25, 0.3) is 0 Å². The molecule has 0 bridgehead atoms. The normalized spacial score (nSPS) is 13.8. The predicted octanol–water partition coefficient (Wildman–Crippen LogP) is 4.81. The molecular weight excluding hydrogens is 439 g/mol. The quantitative estimate of drug-likeness (QED) is 0.409. The second kappa shape index (κ2) is 9.89. The Morgan fingerprint density at radius 1 is 0.962 bits per heavy atom. The molecule has 0 amide bonds. The molecule has 2 N–H and O–H groups in total. The molecule has 1 aliphatic heterocycles. The van der Waals surface area contributed by atoms with E-state index >= 15 is 0 Å². The van der Waals surface area contributed by atoms with E-state index in [4.69, 9.17) is 0 Å². The zero-order valence-corrected chi connectivity index (χ0v) is 17.5. The Kier molecular flexibility index (Phi) is 7.28. The van der Waals surface area contributed by atoms with E-state index in [1.807, 2.05) is 12.1 Å². The molecule has 3 rings (SSSR count). The first-order chi connectivity index (χ1) is 12.7. The molecular formula is C19H27IN6. The van der Waals surface area contributed by atoms with Crippen LogP contribution in [0.3, 0.4) is 0 Å². The molecule has 1 fully saturated rings. The summed E-state index contributed by atoms with van der Waals surface area (Å²) in [6, 6.07) is 8.22. The van der Waals surface area contributed by atoms with Crippen LogP contribution in [0.15, 0.2) is 24.3 Å². The van der Waals surface area contributed by atoms with Crippen molar-refractivity contribution in [1.29, 1.82) is 0 Å². The van der Waals surface area contributed by atoms with Gasteiger partial charge in [-0.3, -0.25) is 0 Å². The number of hydrogen-bond acceptors (Lipinski definition) is 6. The van der Waals surface area contributed by atoms with Gasteiger partial charge in [-0.1, -0.05) is 26.2 Å². The lowest BCUT2D eigenvalue weighted by Crippen LogP contribution is -2.22. The number of rotatable bonds is 9. The molecule has 0 radical (unpaired) electrons. The van der Waals surface area contributed by atoms with Crippen LogP contribution in [0.1, 0.15) is 45.4 Å². The molecule has 0 saturated carbocycles. The molecule has 0 aliphatic carbocycles. The van der Waals surface area contributed by atoms with Crippen molar-refractivity contribution in [2.24, 2.45) is 0 Å². The van der Waals surface area contributed by atoms with Crippen LogP contribution < -0.4 is 15.5 Å². The summed E-state index contributed by atoms with van der Waals surface area (Å²) >= 11 is 2.30. The Balaban J connectivity index is 1.72. The average molecular weight is 466 g/mol. The molecule has 1 saturated heterocycles. The number of unbranched alkanes of at least 4 members (excludes halogenated alkanes) is 3. The zero-order chi connectivity index (χ0) is 18.2. The Morgan fingerprint density at radius 3 is 2.42 bits per heavy atom. The van der Waals surface area contributed by atoms with Gasteiger partial charge in [-0.05, 0) is 66.1 Å². The van der Waals surface area contributed by atoms with Gasteiger partial charge >= 0.3 is 0 Å². The van der Waals surface area contributed by atoms with Gasteiger partial charge in [0.15, 0.2) is 0 Å². The standard InChI is InChI=1S/C19H27IN6/c1-2-3-4-5-12-21-17-23-18(22-16-10-8-15(20)9-11-16)25-19(24-17)26-13-6-7-14-26/h8-11H,2-7,12-14H2,1H3,(H2,21,22,23,24,25). The predicted molar refractivity (Wildman–Crippen MR) is 116 cm³/mol. The minimum atomic E-state index is 0.596. The molecule has 7 heteroatoms. The summed E-state index contributed by atoms with van der Waals surface area (Å²) in [5.74, 6) is 2.02. The van der Waals surface area contributed by atoms with Gasteiger partial charge in [0.05, 0.1) is 0 Å². The molecule has 0 unspecified atom stereocenters. The number of anilines is 4. The van der Waals surface area contributed by atoms with Crippen LogP contribution in [0, 0.1) is 3.57 Å². The summed E-state index contributed by atoms with van der Waals surface area (Å²) in [6.07, 6.45) is 7.29. The second-order valence-electron chi connectivity index (χ2n) is 6.60. The topological polar surface area (TPSA) is 66.0 Å². The van der Waals surface area contributed by atoms with E-state index in [1.165, 1.54) is 35.7 Å². The fourth-order valence-corrected chi connectivity index (χ4v) is 3.33. The highest BCUT2D eigenvalue weighted by Gasteiger charge is 2.17. The van der Waals surface area contributed by atoms with E-state index in [9.17, 15) is 0 Å². The number of hydrogen-bond donors (Lipinski definition) is 2. The Bertz CT molecular complexity index is 685. The molecule has 6 nitrogen and oxygen atoms in total. The molecule has 2 aromatic rings. The Labute approximate surface area is 169 Å². The second-order valence-corrected chi connectivity index (χ2v) is 7.84. The third kappa shape index (κ3) is 5.69. The third-order valence-corrected chi connectivity index (χ3v) is 5.15. The highest BCUT2D eigenvalue weighted by atomic mass is 127. The third-order valence-electron chi connectivity index (χ3n) is 4.43. The molecule has 1 aliphatic rings. The Hall–Kier alpha value is -1.64. The van der Waals surface area contributed by atoms with Gasteiger partial charge in [0.2, 0.25) is 17.8 Å². The smallest absolute Gasteiger partial charge is 0.233 e. The number of aromatic nitrogens is 3. The van der Waals surface area contributed by atoms with Crippen molar-refractivity contribution in [1.82, 2.24) is 15.0 Å². The van der Waals surface area contributed by atoms with Crippen LogP contribution in [-0.4, -0.2) is 34.6 Å². The van der Waals surface area contributed by atoms with Gasteiger partial charge in [0.1, 0.15) is 0 Å². The summed E-state index contributed by atoms with van der Waals surface area (Å²) in [4.78, 5) is 16.1. The molecule has 0 atom stereocenters. The SMILES string of the molecule is CCCCCCNc1nc(Nc2ccc(I)cc2)nc(N2CCCC2)n1. The van der Waals surface area contributed by atoms with E-state index < -0.39 is 0 Å². The average Bonchev–Trinajstić information content (AvgIpc) is 3.18. The van der Waals surface area contributed by atoms with Gasteiger partial charge in [-0.15, -0.1) is 0 Å². The number of benzene rings is 1. The maximum absolute atomic E-state index is 4.64. The van der Waals surface area contributed by atoms with E-state index in [-0.39, 0.29) is 0 Å². The lowest BCUT2D eigenvalue weighted by Gasteiger charge is -2.17. The summed E-state index contributed by atoms with van der Waals surface area (Å²) in [6.45, 7) is 5.16. The minimum absolute atomic E-state index is 0.596. The maximum Gasteiger partial charge on any atom is 0.233 e. The summed E-state index contributed by atoms with van der Waals surface area (Å²) in [5.41, 5.74) is 0.984. The fourth-order valence-electron chi connectivity index (χ4n) is 2.97. The van der Waals surface area contributed by atoms with Crippen molar-refractivity contribution >= 4 is 46.1 Å². The molecule has 26 heavy (non-hydrogen) atoms. The first-order valence-corrected chi connectivity index (χ1v) is 10.6. The molecule has 140 valence electrons. The Morgan fingerprint density at radius 2 is 1.69 bits per heavy atom. The lowest BCUT2D eigenvalue weighted by molar-refractivity contribution is 0.683. The van der Waals surface area contributed by atoms with Crippen LogP contribution in [0.2, 0.25) is 0 Å². The van der Waals surface area contributed by atoms with E-state index in [2.05, 4.69) is 72.1 Å². The van der Waals surface area contributed by atoms with Crippen molar-refractivity contribution in [3.05, 3.63) is 27.8 Å². The first kappa shape index (κ1) is 19.1. The van der Waals surface area contributed by atoms with Gasteiger partial charge in [0.25, 0.3) is 0 Å². The van der Waals surface area contributed by atoms with Crippen LogP contribution in [0.5, 0.6) is 0 Å². The van der Waals surface area contributed by atoms with E-state index in [0.717, 1.165) is 37.7 Å². The molecule has 0 spiro atoms. The molecule has 1 aromatic heterocycles. The van der Waals surface area contributed by atoms with E-state index in [1.54, 1.807) is 0 Å². The van der Waals surface area contributed by atoms with Gasteiger partial charge < -0.3 is 15.5 Å². The minimum Gasteiger partial charge on any atom is -0.354 e. The molecule has 2 heterocycles. The summed E-state index contributed by atoms with van der Waals surface area (Å²) in [7, 11) is 0. The summed E-state index contributed by atoms with van der Waals surface area (Å²) < 4.78 is 1.20. The molecule has 1 aromatic carbocycles. The van der Waals surface area contributed by atoms with E-state index in [0.29, 0.717) is 11.9 Å². The fraction of sp³-hybridized carbons (Fsp3) is 0.526. The largest absolute Gasteiger partial charge is 0.354 e. The zero-order valence-electron chi connectivity index (χ0n) is 15.3. The van der Waals surface area contributed by atoms with Crippen molar-refractivity contribution in [2.75, 3.05) is 35.2 Å². The number of nitrogens with one attached hydrogen (secondary N) is 2. The van der Waals surface area contributed by atoms with Crippen LogP contribution >= 0.6 is 22.6 Å². The van der Waals surface area contributed by atoms with Crippen molar-refractivity contribution in [3.63, 3.8) is 0 Å². The van der Waals surface area contributed by atoms with Crippen molar-refractivity contribution < 1.29 is 0 Å². The maximum atomic E-state index is 4.64. The number of halogens is 1. The van der Waals surface area contributed by atoms with Crippen molar-refractivity contribution in [3.8, 4) is 0 Å². The highest BCUT2D eigenvalue weighted by Crippen LogP contribution is 2.21. The summed E-state index contributed by atoms with van der Waals surface area (Å²) in [5, 5.41) is 6.69. The van der Waals surface area contributed by atoms with Crippen LogP contribution in [0.4, 0.5) is 23.5 Å². The number of nitrogens with zero attached hydrogens (tertiary/aromatic N) is 4. The van der Waals surface area contributed by atoms with Gasteiger partial charge in [-0.2, -0.15) is 15.0 Å². The highest BCUT2D eigenvalue weighted by molar-refractivity contribution is 14.1.